The molecule has 0 aromatic carbocycles. The van der Waals surface area contributed by atoms with E-state index in [0.717, 1.165) is 69.6 Å². The fourth-order valence-electron chi connectivity index (χ4n) is 3.54. The maximum Gasteiger partial charge on any atom is 0.228 e. The quantitative estimate of drug-likeness (QED) is 0.814. The molecule has 2 aliphatic heterocycles. The van der Waals surface area contributed by atoms with Gasteiger partial charge < -0.3 is 18.8 Å². The maximum atomic E-state index is 6.05. The van der Waals surface area contributed by atoms with Gasteiger partial charge >= 0.3 is 0 Å². The van der Waals surface area contributed by atoms with E-state index in [4.69, 9.17) is 13.9 Å². The summed E-state index contributed by atoms with van der Waals surface area (Å²) in [6.07, 6.45) is 5.32. The topological polar surface area (TPSA) is 63.9 Å². The predicted octanol–water partition coefficient (Wildman–Crippen LogP) is 2.64. The molecule has 0 spiro atoms. The molecule has 2 saturated heterocycles. The second-order valence-corrected chi connectivity index (χ2v) is 6.82. The SMILES string of the molecule is COc1ccnc(N2CCN(Cc3ccc([C@H]4CCCCO4)o3)CC2)n1. The van der Waals surface area contributed by atoms with Gasteiger partial charge in [-0.05, 0) is 31.4 Å². The third-order valence-corrected chi connectivity index (χ3v) is 5.04. The number of ether oxygens (including phenoxy) is 2. The van der Waals surface area contributed by atoms with Crippen molar-refractivity contribution in [3.8, 4) is 5.88 Å². The number of aromatic nitrogens is 2. The number of furan rings is 1. The van der Waals surface area contributed by atoms with Gasteiger partial charge in [0.05, 0.1) is 13.7 Å². The zero-order chi connectivity index (χ0) is 17.8. The molecule has 2 aromatic heterocycles. The van der Waals surface area contributed by atoms with Crippen molar-refractivity contribution >= 4 is 5.95 Å². The first kappa shape index (κ1) is 17.3. The molecular weight excluding hydrogens is 332 g/mol. The lowest BCUT2D eigenvalue weighted by Crippen LogP contribution is -2.46. The fraction of sp³-hybridized carbons (Fsp3) is 0.579. The summed E-state index contributed by atoms with van der Waals surface area (Å²) in [6, 6.07) is 5.93. The van der Waals surface area contributed by atoms with Gasteiger partial charge in [0.2, 0.25) is 11.8 Å². The van der Waals surface area contributed by atoms with E-state index >= 15 is 0 Å². The Bertz CT molecular complexity index is 706. The molecule has 2 fully saturated rings. The molecule has 2 aromatic rings. The summed E-state index contributed by atoms with van der Waals surface area (Å²) in [4.78, 5) is 13.4. The van der Waals surface area contributed by atoms with Crippen molar-refractivity contribution in [1.29, 1.82) is 0 Å². The minimum Gasteiger partial charge on any atom is -0.481 e. The van der Waals surface area contributed by atoms with Gasteiger partial charge in [0, 0.05) is 45.0 Å². The van der Waals surface area contributed by atoms with Crippen molar-refractivity contribution in [3.05, 3.63) is 35.9 Å². The molecule has 0 amide bonds. The summed E-state index contributed by atoms with van der Waals surface area (Å²) < 4.78 is 17.0. The average molecular weight is 358 g/mol. The number of hydrogen-bond acceptors (Lipinski definition) is 7. The van der Waals surface area contributed by atoms with Gasteiger partial charge in [0.1, 0.15) is 17.6 Å². The summed E-state index contributed by atoms with van der Waals surface area (Å²) in [5.74, 6) is 3.33. The van der Waals surface area contributed by atoms with Gasteiger partial charge in [-0.2, -0.15) is 4.98 Å². The molecule has 140 valence electrons. The molecule has 0 saturated carbocycles. The molecule has 26 heavy (non-hydrogen) atoms. The first-order chi connectivity index (χ1) is 12.8. The third kappa shape index (κ3) is 3.99. The zero-order valence-corrected chi connectivity index (χ0v) is 15.3. The Morgan fingerprint density at radius 2 is 2.04 bits per heavy atom. The third-order valence-electron chi connectivity index (χ3n) is 5.04. The number of methoxy groups -OCH3 is 1. The van der Waals surface area contributed by atoms with Gasteiger partial charge in [0.25, 0.3) is 0 Å². The molecule has 0 bridgehead atoms. The molecule has 4 rings (SSSR count). The normalized spacial score (nSPS) is 21.7. The lowest BCUT2D eigenvalue weighted by Gasteiger charge is -2.34. The molecule has 0 unspecified atom stereocenters. The second-order valence-electron chi connectivity index (χ2n) is 6.82. The Morgan fingerprint density at radius 3 is 2.81 bits per heavy atom. The molecule has 2 aliphatic rings. The highest BCUT2D eigenvalue weighted by molar-refractivity contribution is 5.32. The number of anilines is 1. The summed E-state index contributed by atoms with van der Waals surface area (Å²) in [7, 11) is 1.63. The van der Waals surface area contributed by atoms with Crippen LogP contribution in [0.5, 0.6) is 5.88 Å². The first-order valence-electron chi connectivity index (χ1n) is 9.36. The van der Waals surface area contributed by atoms with E-state index < -0.39 is 0 Å². The van der Waals surface area contributed by atoms with Crippen LogP contribution in [-0.2, 0) is 11.3 Å². The number of nitrogens with zero attached hydrogens (tertiary/aromatic N) is 4. The van der Waals surface area contributed by atoms with Crippen LogP contribution in [0.4, 0.5) is 5.95 Å². The predicted molar refractivity (Wildman–Crippen MR) is 97.3 cm³/mol. The summed E-state index contributed by atoms with van der Waals surface area (Å²) in [5, 5.41) is 0. The second kappa shape index (κ2) is 8.05. The van der Waals surface area contributed by atoms with E-state index in [1.54, 1.807) is 19.4 Å². The van der Waals surface area contributed by atoms with Crippen LogP contribution in [0, 0.1) is 0 Å². The number of rotatable bonds is 5. The Morgan fingerprint density at radius 1 is 1.15 bits per heavy atom. The van der Waals surface area contributed by atoms with Crippen molar-refractivity contribution in [3.63, 3.8) is 0 Å². The van der Waals surface area contributed by atoms with Crippen molar-refractivity contribution in [2.75, 3.05) is 44.8 Å². The van der Waals surface area contributed by atoms with Crippen LogP contribution in [0.3, 0.4) is 0 Å². The lowest BCUT2D eigenvalue weighted by atomic mass is 10.1. The maximum absolute atomic E-state index is 6.05. The zero-order valence-electron chi connectivity index (χ0n) is 15.3. The highest BCUT2D eigenvalue weighted by Crippen LogP contribution is 2.29. The molecule has 0 N–H and O–H groups in total. The van der Waals surface area contributed by atoms with E-state index in [-0.39, 0.29) is 6.10 Å². The summed E-state index contributed by atoms with van der Waals surface area (Å²) in [6.45, 7) is 5.38. The minimum absolute atomic E-state index is 0.138. The van der Waals surface area contributed by atoms with Crippen LogP contribution in [0.25, 0.3) is 0 Å². The van der Waals surface area contributed by atoms with Gasteiger partial charge in [-0.1, -0.05) is 0 Å². The van der Waals surface area contributed by atoms with Crippen molar-refractivity contribution in [2.24, 2.45) is 0 Å². The molecule has 7 nitrogen and oxygen atoms in total. The average Bonchev–Trinajstić information content (AvgIpc) is 3.18. The lowest BCUT2D eigenvalue weighted by molar-refractivity contribution is 0.000832. The van der Waals surface area contributed by atoms with Crippen LogP contribution in [0.2, 0.25) is 0 Å². The van der Waals surface area contributed by atoms with Gasteiger partial charge in [-0.25, -0.2) is 4.98 Å². The van der Waals surface area contributed by atoms with Gasteiger partial charge in [-0.3, -0.25) is 4.90 Å². The van der Waals surface area contributed by atoms with Crippen molar-refractivity contribution in [1.82, 2.24) is 14.9 Å². The molecule has 1 atom stereocenters. The first-order valence-corrected chi connectivity index (χ1v) is 9.36. The largest absolute Gasteiger partial charge is 0.481 e. The highest BCUT2D eigenvalue weighted by atomic mass is 16.5. The summed E-state index contributed by atoms with van der Waals surface area (Å²) >= 11 is 0. The molecule has 0 aliphatic carbocycles. The number of piperazine rings is 1. The van der Waals surface area contributed by atoms with Crippen LogP contribution in [-0.4, -0.2) is 54.8 Å². The van der Waals surface area contributed by atoms with Crippen molar-refractivity contribution in [2.45, 2.75) is 31.9 Å². The van der Waals surface area contributed by atoms with Crippen LogP contribution in [0.15, 0.2) is 28.8 Å². The Labute approximate surface area is 153 Å². The molecule has 0 radical (unpaired) electrons. The van der Waals surface area contributed by atoms with Gasteiger partial charge in [-0.15, -0.1) is 0 Å². The Balaban J connectivity index is 1.30. The van der Waals surface area contributed by atoms with Crippen LogP contribution < -0.4 is 9.64 Å². The van der Waals surface area contributed by atoms with E-state index in [1.807, 2.05) is 0 Å². The Hall–Kier alpha value is -2.12. The van der Waals surface area contributed by atoms with Crippen LogP contribution in [0.1, 0.15) is 36.9 Å². The molecule has 4 heterocycles. The van der Waals surface area contributed by atoms with Crippen LogP contribution >= 0.6 is 0 Å². The minimum atomic E-state index is 0.138. The van der Waals surface area contributed by atoms with E-state index in [1.165, 1.54) is 6.42 Å². The fourth-order valence-corrected chi connectivity index (χ4v) is 3.54. The van der Waals surface area contributed by atoms with E-state index in [2.05, 4.69) is 31.9 Å². The standard InChI is InChI=1S/C19H26N4O3/c1-24-18-7-8-20-19(21-18)23-11-9-22(10-12-23)14-15-5-6-17(26-15)16-4-2-3-13-25-16/h5-8,16H,2-4,9-14H2,1H3/t16-/m1/s1. The van der Waals surface area contributed by atoms with Crippen molar-refractivity contribution < 1.29 is 13.9 Å². The Kier molecular flexibility index (Phi) is 5.36. The molecule has 7 heteroatoms. The van der Waals surface area contributed by atoms with E-state index in [9.17, 15) is 0 Å². The summed E-state index contributed by atoms with van der Waals surface area (Å²) in [5.41, 5.74) is 0. The monoisotopic (exact) mass is 358 g/mol. The van der Waals surface area contributed by atoms with E-state index in [0.29, 0.717) is 5.88 Å². The number of hydrogen-bond donors (Lipinski definition) is 0. The highest BCUT2D eigenvalue weighted by Gasteiger charge is 2.22. The van der Waals surface area contributed by atoms with Gasteiger partial charge in [0.15, 0.2) is 0 Å². The molecular formula is C19H26N4O3. The smallest absolute Gasteiger partial charge is 0.228 e.